The lowest BCUT2D eigenvalue weighted by atomic mass is 10.2. The highest BCUT2D eigenvalue weighted by atomic mass is 16.2. The Labute approximate surface area is 98.8 Å². The van der Waals surface area contributed by atoms with E-state index in [9.17, 15) is 4.79 Å². The summed E-state index contributed by atoms with van der Waals surface area (Å²) in [6, 6.07) is 0.228. The Morgan fingerprint density at radius 2 is 1.81 bits per heavy atom. The number of unbranched alkanes of at least 4 members (excludes halogenated alkanes) is 3. The monoisotopic (exact) mass is 230 g/mol. The van der Waals surface area contributed by atoms with E-state index < -0.39 is 0 Å². The van der Waals surface area contributed by atoms with Crippen molar-refractivity contribution in [3.05, 3.63) is 0 Å². The Morgan fingerprint density at radius 1 is 1.12 bits per heavy atom. The first-order chi connectivity index (χ1) is 7.66. The summed E-state index contributed by atoms with van der Waals surface area (Å²) in [5.74, 6) is 0.114. The SMILES string of the molecule is CC(C)NC(=O)CCNCCCCCCO. The number of hydrogen-bond donors (Lipinski definition) is 3. The Kier molecular flexibility index (Phi) is 10.5. The fraction of sp³-hybridized carbons (Fsp3) is 0.917. The molecule has 0 atom stereocenters. The van der Waals surface area contributed by atoms with E-state index in [0.717, 1.165) is 38.8 Å². The summed E-state index contributed by atoms with van der Waals surface area (Å²) in [6.07, 6.45) is 4.80. The molecule has 0 saturated carbocycles. The highest BCUT2D eigenvalue weighted by molar-refractivity contribution is 5.76. The number of aliphatic hydroxyl groups is 1. The lowest BCUT2D eigenvalue weighted by molar-refractivity contribution is -0.121. The Hall–Kier alpha value is -0.610. The molecular weight excluding hydrogens is 204 g/mol. The van der Waals surface area contributed by atoms with Crippen LogP contribution in [0.2, 0.25) is 0 Å². The van der Waals surface area contributed by atoms with Gasteiger partial charge < -0.3 is 15.7 Å². The third-order valence-corrected chi connectivity index (χ3v) is 2.24. The number of carbonyl (C=O) groups is 1. The number of nitrogens with one attached hydrogen (secondary N) is 2. The van der Waals surface area contributed by atoms with E-state index in [0.29, 0.717) is 13.0 Å². The van der Waals surface area contributed by atoms with Gasteiger partial charge >= 0.3 is 0 Å². The first-order valence-corrected chi connectivity index (χ1v) is 6.27. The van der Waals surface area contributed by atoms with Crippen LogP contribution in [-0.2, 0) is 4.79 Å². The topological polar surface area (TPSA) is 61.4 Å². The van der Waals surface area contributed by atoms with E-state index >= 15 is 0 Å². The summed E-state index contributed by atoms with van der Waals surface area (Å²) < 4.78 is 0. The summed E-state index contributed by atoms with van der Waals surface area (Å²) in [6.45, 7) is 5.93. The van der Waals surface area contributed by atoms with Crippen LogP contribution in [0.15, 0.2) is 0 Å². The Bertz CT molecular complexity index is 172. The van der Waals surface area contributed by atoms with Crippen LogP contribution in [0.1, 0.15) is 46.0 Å². The van der Waals surface area contributed by atoms with Gasteiger partial charge in [0.1, 0.15) is 0 Å². The minimum atomic E-state index is 0.114. The van der Waals surface area contributed by atoms with Crippen LogP contribution in [-0.4, -0.2) is 36.8 Å². The molecule has 96 valence electrons. The minimum Gasteiger partial charge on any atom is -0.396 e. The second-order valence-electron chi connectivity index (χ2n) is 4.36. The molecule has 0 rings (SSSR count). The second kappa shape index (κ2) is 10.9. The molecule has 1 amide bonds. The van der Waals surface area contributed by atoms with Crippen molar-refractivity contribution >= 4 is 5.91 Å². The highest BCUT2D eigenvalue weighted by Crippen LogP contribution is 1.97. The van der Waals surface area contributed by atoms with E-state index in [1.54, 1.807) is 0 Å². The van der Waals surface area contributed by atoms with E-state index in [1.165, 1.54) is 0 Å². The zero-order valence-corrected chi connectivity index (χ0v) is 10.6. The van der Waals surface area contributed by atoms with Crippen LogP contribution in [0, 0.1) is 0 Å². The van der Waals surface area contributed by atoms with Gasteiger partial charge in [-0.25, -0.2) is 0 Å². The van der Waals surface area contributed by atoms with E-state index in [-0.39, 0.29) is 11.9 Å². The zero-order chi connectivity index (χ0) is 12.2. The van der Waals surface area contributed by atoms with Crippen molar-refractivity contribution in [1.82, 2.24) is 10.6 Å². The quantitative estimate of drug-likeness (QED) is 0.491. The number of rotatable bonds is 10. The van der Waals surface area contributed by atoms with Crippen LogP contribution < -0.4 is 10.6 Å². The van der Waals surface area contributed by atoms with Crippen molar-refractivity contribution in [3.8, 4) is 0 Å². The third-order valence-electron chi connectivity index (χ3n) is 2.24. The van der Waals surface area contributed by atoms with Gasteiger partial charge in [-0.05, 0) is 33.2 Å². The first-order valence-electron chi connectivity index (χ1n) is 6.27. The van der Waals surface area contributed by atoms with Crippen molar-refractivity contribution in [3.63, 3.8) is 0 Å². The molecule has 0 fully saturated rings. The van der Waals surface area contributed by atoms with Crippen LogP contribution in [0.5, 0.6) is 0 Å². The maximum absolute atomic E-state index is 11.2. The molecule has 0 aliphatic carbocycles. The fourth-order valence-electron chi connectivity index (χ4n) is 1.44. The molecule has 0 heterocycles. The number of hydrogen-bond acceptors (Lipinski definition) is 3. The predicted octanol–water partition coefficient (Wildman–Crippen LogP) is 1.04. The van der Waals surface area contributed by atoms with Gasteiger partial charge in [-0.2, -0.15) is 0 Å². The van der Waals surface area contributed by atoms with Gasteiger partial charge in [-0.3, -0.25) is 4.79 Å². The molecule has 0 saturated heterocycles. The number of amides is 1. The van der Waals surface area contributed by atoms with Crippen LogP contribution in [0.3, 0.4) is 0 Å². The van der Waals surface area contributed by atoms with Crippen LogP contribution in [0.25, 0.3) is 0 Å². The molecule has 0 bridgehead atoms. The lowest BCUT2D eigenvalue weighted by Crippen LogP contribution is -2.32. The average molecular weight is 230 g/mol. The van der Waals surface area contributed by atoms with Gasteiger partial charge in [-0.1, -0.05) is 12.8 Å². The van der Waals surface area contributed by atoms with Gasteiger partial charge in [0.2, 0.25) is 5.91 Å². The van der Waals surface area contributed by atoms with Crippen molar-refractivity contribution in [1.29, 1.82) is 0 Å². The lowest BCUT2D eigenvalue weighted by Gasteiger charge is -2.08. The summed E-state index contributed by atoms with van der Waals surface area (Å²) in [5, 5.41) is 14.7. The summed E-state index contributed by atoms with van der Waals surface area (Å²) in [4.78, 5) is 11.2. The molecule has 0 spiro atoms. The Morgan fingerprint density at radius 3 is 2.44 bits per heavy atom. The normalized spacial score (nSPS) is 10.8. The zero-order valence-electron chi connectivity index (χ0n) is 10.6. The summed E-state index contributed by atoms with van der Waals surface area (Å²) in [5.41, 5.74) is 0. The van der Waals surface area contributed by atoms with Gasteiger partial charge in [0.15, 0.2) is 0 Å². The molecule has 0 radical (unpaired) electrons. The molecular formula is C12H26N2O2. The summed E-state index contributed by atoms with van der Waals surface area (Å²) in [7, 11) is 0. The Balaban J connectivity index is 3.11. The average Bonchev–Trinajstić information content (AvgIpc) is 2.21. The molecule has 0 aromatic carbocycles. The standard InChI is InChI=1S/C12H26N2O2/c1-11(2)14-12(16)7-9-13-8-5-3-4-6-10-15/h11,13,15H,3-10H2,1-2H3,(H,14,16). The molecule has 4 nitrogen and oxygen atoms in total. The predicted molar refractivity (Wildman–Crippen MR) is 66.3 cm³/mol. The molecule has 16 heavy (non-hydrogen) atoms. The van der Waals surface area contributed by atoms with E-state index in [4.69, 9.17) is 5.11 Å². The van der Waals surface area contributed by atoms with Gasteiger partial charge in [0, 0.05) is 25.6 Å². The molecule has 4 heteroatoms. The third kappa shape index (κ3) is 11.5. The number of aliphatic hydroxyl groups excluding tert-OH is 1. The van der Waals surface area contributed by atoms with E-state index in [2.05, 4.69) is 10.6 Å². The molecule has 0 unspecified atom stereocenters. The number of carbonyl (C=O) groups excluding carboxylic acids is 1. The highest BCUT2D eigenvalue weighted by Gasteiger charge is 2.01. The maximum atomic E-state index is 11.2. The van der Waals surface area contributed by atoms with Crippen molar-refractivity contribution < 1.29 is 9.90 Å². The minimum absolute atomic E-state index is 0.114. The second-order valence-corrected chi connectivity index (χ2v) is 4.36. The molecule has 0 aromatic heterocycles. The molecule has 0 aliphatic rings. The van der Waals surface area contributed by atoms with Gasteiger partial charge in [-0.15, -0.1) is 0 Å². The maximum Gasteiger partial charge on any atom is 0.221 e. The smallest absolute Gasteiger partial charge is 0.221 e. The molecule has 0 aliphatic heterocycles. The largest absolute Gasteiger partial charge is 0.396 e. The van der Waals surface area contributed by atoms with E-state index in [1.807, 2.05) is 13.8 Å². The first kappa shape index (κ1) is 15.4. The summed E-state index contributed by atoms with van der Waals surface area (Å²) >= 11 is 0. The molecule has 3 N–H and O–H groups in total. The van der Waals surface area contributed by atoms with Crippen molar-refractivity contribution in [2.24, 2.45) is 0 Å². The van der Waals surface area contributed by atoms with Crippen LogP contribution >= 0.6 is 0 Å². The molecule has 0 aromatic rings. The van der Waals surface area contributed by atoms with Crippen molar-refractivity contribution in [2.75, 3.05) is 19.7 Å². The van der Waals surface area contributed by atoms with Crippen LogP contribution in [0.4, 0.5) is 0 Å². The van der Waals surface area contributed by atoms with Gasteiger partial charge in [0.25, 0.3) is 0 Å². The van der Waals surface area contributed by atoms with Crippen molar-refractivity contribution in [2.45, 2.75) is 52.0 Å². The fourth-order valence-corrected chi connectivity index (χ4v) is 1.44. The van der Waals surface area contributed by atoms with Gasteiger partial charge in [0.05, 0.1) is 0 Å².